The van der Waals surface area contributed by atoms with Crippen molar-refractivity contribution >= 4 is 6.09 Å². The number of likely N-dealkylation sites (tertiary alicyclic amines) is 1. The van der Waals surface area contributed by atoms with Crippen LogP contribution in [0.5, 0.6) is 5.75 Å². The van der Waals surface area contributed by atoms with Crippen LogP contribution >= 0.6 is 0 Å². The van der Waals surface area contributed by atoms with Crippen molar-refractivity contribution in [2.45, 2.75) is 32.3 Å². The van der Waals surface area contributed by atoms with Gasteiger partial charge in [0.15, 0.2) is 0 Å². The molecule has 3 aromatic rings. The van der Waals surface area contributed by atoms with Gasteiger partial charge < -0.3 is 14.5 Å². The Morgan fingerprint density at radius 1 is 1.14 bits per heavy atom. The third-order valence-corrected chi connectivity index (χ3v) is 4.92. The first kappa shape index (κ1) is 19.0. The highest BCUT2D eigenvalue weighted by molar-refractivity contribution is 5.70. The zero-order valence-electron chi connectivity index (χ0n) is 16.4. The lowest BCUT2D eigenvalue weighted by Crippen LogP contribution is -2.44. The Hall–Kier alpha value is -3.35. The van der Waals surface area contributed by atoms with Crippen LogP contribution < -0.4 is 9.57 Å². The van der Waals surface area contributed by atoms with E-state index in [1.54, 1.807) is 17.3 Å². The van der Waals surface area contributed by atoms with Crippen molar-refractivity contribution in [2.75, 3.05) is 13.1 Å². The molecule has 7 heteroatoms. The fourth-order valence-electron chi connectivity index (χ4n) is 3.36. The quantitative estimate of drug-likeness (QED) is 0.667. The summed E-state index contributed by atoms with van der Waals surface area (Å²) in [5.41, 5.74) is 3.34. The predicted octanol–water partition coefficient (Wildman–Crippen LogP) is 3.27. The third kappa shape index (κ3) is 5.13. The van der Waals surface area contributed by atoms with Gasteiger partial charge in [-0.3, -0.25) is 4.98 Å². The number of aromatic nitrogens is 3. The maximum Gasteiger partial charge on any atom is 0.415 e. The number of rotatable bonds is 5. The van der Waals surface area contributed by atoms with E-state index in [1.165, 1.54) is 10.4 Å². The van der Waals surface area contributed by atoms with Gasteiger partial charge in [0.1, 0.15) is 11.9 Å². The molecule has 0 aliphatic carbocycles. The number of ether oxygens (including phenoxy) is 1. The normalized spacial score (nSPS) is 14.6. The van der Waals surface area contributed by atoms with E-state index in [2.05, 4.69) is 23.1 Å². The molecule has 0 radical (unpaired) electrons. The highest BCUT2D eigenvalue weighted by Crippen LogP contribution is 2.18. The van der Waals surface area contributed by atoms with Crippen LogP contribution in [0.1, 0.15) is 29.7 Å². The SMILES string of the molecule is Cc1ccnc(Cc2ccc(OC(=O)N3CCC(On4cccn4)CC3)cc2)c1. The summed E-state index contributed by atoms with van der Waals surface area (Å²) in [6, 6.07) is 13.5. The summed E-state index contributed by atoms with van der Waals surface area (Å²) in [4.78, 5) is 25.7. The molecule has 1 amide bonds. The van der Waals surface area contributed by atoms with Crippen LogP contribution in [0.4, 0.5) is 4.79 Å². The summed E-state index contributed by atoms with van der Waals surface area (Å²) >= 11 is 0. The van der Waals surface area contributed by atoms with E-state index in [-0.39, 0.29) is 12.2 Å². The van der Waals surface area contributed by atoms with Crippen LogP contribution in [0.15, 0.2) is 61.1 Å². The number of hydrogen-bond donors (Lipinski definition) is 0. The van der Waals surface area contributed by atoms with Crippen LogP contribution in [-0.2, 0) is 6.42 Å². The molecule has 1 saturated heterocycles. The molecule has 0 N–H and O–H groups in total. The number of amides is 1. The Kier molecular flexibility index (Phi) is 5.74. The smallest absolute Gasteiger partial charge is 0.410 e. The molecule has 1 fully saturated rings. The van der Waals surface area contributed by atoms with Gasteiger partial charge in [-0.25, -0.2) is 4.79 Å². The summed E-state index contributed by atoms with van der Waals surface area (Å²) < 4.78 is 5.53. The van der Waals surface area contributed by atoms with Crippen molar-refractivity contribution in [3.8, 4) is 5.75 Å². The van der Waals surface area contributed by atoms with Crippen LogP contribution in [0.3, 0.4) is 0 Å². The van der Waals surface area contributed by atoms with Gasteiger partial charge in [0, 0.05) is 44.2 Å². The molecule has 0 unspecified atom stereocenters. The van der Waals surface area contributed by atoms with Gasteiger partial charge in [0.2, 0.25) is 0 Å². The summed E-state index contributed by atoms with van der Waals surface area (Å²) in [7, 11) is 0. The zero-order chi connectivity index (χ0) is 20.1. The van der Waals surface area contributed by atoms with Gasteiger partial charge in [0.05, 0.1) is 12.4 Å². The first-order valence-corrected chi connectivity index (χ1v) is 9.80. The number of benzene rings is 1. The number of nitrogens with zero attached hydrogens (tertiary/aromatic N) is 4. The molecular weight excluding hydrogens is 368 g/mol. The van der Waals surface area contributed by atoms with Gasteiger partial charge in [-0.1, -0.05) is 12.1 Å². The van der Waals surface area contributed by atoms with E-state index in [0.717, 1.165) is 30.5 Å². The molecule has 150 valence electrons. The number of carbonyl (C=O) groups excluding carboxylic acids is 1. The fourth-order valence-corrected chi connectivity index (χ4v) is 3.36. The second kappa shape index (κ2) is 8.77. The van der Waals surface area contributed by atoms with Crippen LogP contribution in [-0.4, -0.2) is 45.1 Å². The average molecular weight is 392 g/mol. The number of pyridine rings is 1. The Balaban J connectivity index is 1.26. The summed E-state index contributed by atoms with van der Waals surface area (Å²) in [5, 5.41) is 4.04. The Bertz CT molecular complexity index is 933. The maximum absolute atomic E-state index is 12.4. The largest absolute Gasteiger partial charge is 0.415 e. The van der Waals surface area contributed by atoms with Crippen molar-refractivity contribution in [1.82, 2.24) is 19.8 Å². The Morgan fingerprint density at radius 2 is 1.93 bits per heavy atom. The molecule has 2 aromatic heterocycles. The summed E-state index contributed by atoms with van der Waals surface area (Å²) in [6.07, 6.45) is 7.23. The van der Waals surface area contributed by atoms with Crippen molar-refractivity contribution < 1.29 is 14.4 Å². The second-order valence-electron chi connectivity index (χ2n) is 7.21. The monoisotopic (exact) mass is 392 g/mol. The zero-order valence-corrected chi connectivity index (χ0v) is 16.4. The van der Waals surface area contributed by atoms with E-state index in [4.69, 9.17) is 9.57 Å². The van der Waals surface area contributed by atoms with Crippen molar-refractivity contribution in [3.05, 3.63) is 77.9 Å². The minimum Gasteiger partial charge on any atom is -0.410 e. The average Bonchev–Trinajstić information content (AvgIpc) is 3.23. The van der Waals surface area contributed by atoms with E-state index < -0.39 is 0 Å². The summed E-state index contributed by atoms with van der Waals surface area (Å²) in [6.45, 7) is 3.25. The van der Waals surface area contributed by atoms with Crippen molar-refractivity contribution in [1.29, 1.82) is 0 Å². The van der Waals surface area contributed by atoms with Crippen molar-refractivity contribution in [3.63, 3.8) is 0 Å². The van der Waals surface area contributed by atoms with Gasteiger partial charge in [0.25, 0.3) is 0 Å². The minimum absolute atomic E-state index is 0.0495. The molecule has 4 rings (SSSR count). The van der Waals surface area contributed by atoms with Crippen molar-refractivity contribution in [2.24, 2.45) is 0 Å². The molecule has 0 bridgehead atoms. The Labute approximate surface area is 169 Å². The third-order valence-electron chi connectivity index (χ3n) is 4.92. The van der Waals surface area contributed by atoms with Crippen LogP contribution in [0.2, 0.25) is 0 Å². The predicted molar refractivity (Wildman–Crippen MR) is 108 cm³/mol. The molecule has 29 heavy (non-hydrogen) atoms. The van der Waals surface area contributed by atoms with E-state index in [0.29, 0.717) is 18.8 Å². The van der Waals surface area contributed by atoms with E-state index in [9.17, 15) is 4.79 Å². The lowest BCUT2D eigenvalue weighted by Gasteiger charge is -2.30. The minimum atomic E-state index is -0.323. The molecule has 3 heterocycles. The first-order valence-electron chi connectivity index (χ1n) is 9.80. The lowest BCUT2D eigenvalue weighted by molar-refractivity contribution is -0.0162. The molecule has 1 aliphatic heterocycles. The molecule has 1 aromatic carbocycles. The topological polar surface area (TPSA) is 69.5 Å². The lowest BCUT2D eigenvalue weighted by atomic mass is 10.1. The molecule has 1 aliphatic rings. The van der Waals surface area contributed by atoms with Gasteiger partial charge >= 0.3 is 6.09 Å². The molecule has 7 nitrogen and oxygen atoms in total. The van der Waals surface area contributed by atoms with Crippen LogP contribution in [0, 0.1) is 6.92 Å². The standard InChI is InChI=1S/C22H24N4O3/c1-17-7-11-23-19(15-17)16-18-3-5-20(6-4-18)28-22(27)25-13-8-21(9-14-25)29-26-12-2-10-24-26/h2-7,10-12,15,21H,8-9,13-14,16H2,1H3. The van der Waals surface area contributed by atoms with E-state index in [1.807, 2.05) is 42.6 Å². The summed E-state index contributed by atoms with van der Waals surface area (Å²) in [5.74, 6) is 0.547. The van der Waals surface area contributed by atoms with Gasteiger partial charge in [-0.2, -0.15) is 0 Å². The number of carbonyl (C=O) groups is 1. The van der Waals surface area contributed by atoms with Gasteiger partial charge in [-0.15, -0.1) is 9.94 Å². The highest BCUT2D eigenvalue weighted by Gasteiger charge is 2.25. The first-order chi connectivity index (χ1) is 14.2. The molecule has 0 spiro atoms. The van der Waals surface area contributed by atoms with Gasteiger partial charge in [-0.05, 0) is 48.4 Å². The molecular formula is C22H24N4O3. The maximum atomic E-state index is 12.4. The molecule has 0 saturated carbocycles. The number of hydrogen-bond acceptors (Lipinski definition) is 5. The van der Waals surface area contributed by atoms with E-state index >= 15 is 0 Å². The van der Waals surface area contributed by atoms with Crippen LogP contribution in [0.25, 0.3) is 0 Å². The Morgan fingerprint density at radius 3 is 2.62 bits per heavy atom. The molecule has 0 atom stereocenters. The number of piperidine rings is 1. The second-order valence-corrected chi connectivity index (χ2v) is 7.21. The highest BCUT2D eigenvalue weighted by atomic mass is 16.7. The fraction of sp³-hybridized carbons (Fsp3) is 0.318. The number of aryl methyl sites for hydroxylation is 1.